The number of hydrogen-bond donors (Lipinski definition) is 1. The van der Waals surface area contributed by atoms with E-state index in [-0.39, 0.29) is 6.04 Å². The Labute approximate surface area is 101 Å². The third-order valence-corrected chi connectivity index (χ3v) is 2.88. The normalized spacial score (nSPS) is 12.4. The van der Waals surface area contributed by atoms with Crippen molar-refractivity contribution < 1.29 is 9.47 Å². The van der Waals surface area contributed by atoms with E-state index in [2.05, 4.69) is 0 Å². The minimum absolute atomic E-state index is 0.123. The van der Waals surface area contributed by atoms with Crippen molar-refractivity contribution in [3.8, 4) is 11.5 Å². The van der Waals surface area contributed by atoms with Crippen molar-refractivity contribution in [2.24, 2.45) is 5.73 Å². The SMILES string of the molecule is CCc1c(OC)c(OC)cc(Cl)c1C(C)N. The molecule has 0 amide bonds. The van der Waals surface area contributed by atoms with Gasteiger partial charge in [0.25, 0.3) is 0 Å². The third kappa shape index (κ3) is 2.25. The molecule has 0 aliphatic rings. The summed E-state index contributed by atoms with van der Waals surface area (Å²) < 4.78 is 10.6. The number of rotatable bonds is 4. The molecule has 4 heteroatoms. The highest BCUT2D eigenvalue weighted by atomic mass is 35.5. The fourth-order valence-corrected chi connectivity index (χ4v) is 2.28. The summed E-state index contributed by atoms with van der Waals surface area (Å²) >= 11 is 6.20. The van der Waals surface area contributed by atoms with Gasteiger partial charge in [0.1, 0.15) is 0 Å². The molecule has 1 atom stereocenters. The van der Waals surface area contributed by atoms with Crippen LogP contribution in [0.25, 0.3) is 0 Å². The molecule has 0 bridgehead atoms. The maximum Gasteiger partial charge on any atom is 0.164 e. The Morgan fingerprint density at radius 1 is 1.38 bits per heavy atom. The van der Waals surface area contributed by atoms with Crippen LogP contribution in [0.4, 0.5) is 0 Å². The van der Waals surface area contributed by atoms with Crippen LogP contribution < -0.4 is 15.2 Å². The van der Waals surface area contributed by atoms with E-state index in [1.54, 1.807) is 20.3 Å². The number of nitrogens with two attached hydrogens (primary N) is 1. The summed E-state index contributed by atoms with van der Waals surface area (Å²) in [6.45, 7) is 3.95. The summed E-state index contributed by atoms with van der Waals surface area (Å²) in [5.74, 6) is 1.37. The summed E-state index contributed by atoms with van der Waals surface area (Å²) in [6, 6.07) is 1.63. The molecule has 16 heavy (non-hydrogen) atoms. The molecular formula is C12H18ClNO2. The van der Waals surface area contributed by atoms with Gasteiger partial charge in [0.15, 0.2) is 11.5 Å². The van der Waals surface area contributed by atoms with Crippen molar-refractivity contribution in [3.63, 3.8) is 0 Å². The molecule has 1 aromatic carbocycles. The van der Waals surface area contributed by atoms with Crippen molar-refractivity contribution in [2.75, 3.05) is 14.2 Å². The molecule has 90 valence electrons. The molecule has 0 aliphatic carbocycles. The average Bonchev–Trinajstić information content (AvgIpc) is 2.26. The van der Waals surface area contributed by atoms with Crippen molar-refractivity contribution in [1.29, 1.82) is 0 Å². The molecule has 0 radical (unpaired) electrons. The Bertz CT molecular complexity index is 378. The topological polar surface area (TPSA) is 44.5 Å². The van der Waals surface area contributed by atoms with E-state index in [9.17, 15) is 0 Å². The smallest absolute Gasteiger partial charge is 0.164 e. The number of ether oxygens (including phenoxy) is 2. The maximum atomic E-state index is 6.20. The van der Waals surface area contributed by atoms with E-state index < -0.39 is 0 Å². The predicted octanol–water partition coefficient (Wildman–Crippen LogP) is 2.94. The van der Waals surface area contributed by atoms with Crippen LogP contribution in [0.5, 0.6) is 11.5 Å². The van der Waals surface area contributed by atoms with Crippen LogP contribution in [0.3, 0.4) is 0 Å². The summed E-state index contributed by atoms with van der Waals surface area (Å²) in [7, 11) is 3.22. The Hall–Kier alpha value is -0.930. The summed E-state index contributed by atoms with van der Waals surface area (Å²) in [5, 5.41) is 0.629. The van der Waals surface area contributed by atoms with Crippen molar-refractivity contribution in [2.45, 2.75) is 26.3 Å². The molecule has 0 saturated heterocycles. The largest absolute Gasteiger partial charge is 0.493 e. The zero-order chi connectivity index (χ0) is 12.3. The second kappa shape index (κ2) is 5.41. The standard InChI is InChI=1S/C12H18ClNO2/c1-5-8-11(7(2)14)9(13)6-10(15-3)12(8)16-4/h6-7H,5,14H2,1-4H3. The molecule has 2 N–H and O–H groups in total. The number of benzene rings is 1. The Kier molecular flexibility index (Phi) is 4.44. The van der Waals surface area contributed by atoms with Gasteiger partial charge >= 0.3 is 0 Å². The predicted molar refractivity (Wildman–Crippen MR) is 66.5 cm³/mol. The minimum Gasteiger partial charge on any atom is -0.493 e. The molecule has 0 saturated carbocycles. The van der Waals surface area contributed by atoms with Gasteiger partial charge in [-0.05, 0) is 18.9 Å². The first-order chi connectivity index (χ1) is 7.56. The average molecular weight is 244 g/mol. The molecule has 0 spiro atoms. The van der Waals surface area contributed by atoms with Crippen molar-refractivity contribution >= 4 is 11.6 Å². The third-order valence-electron chi connectivity index (χ3n) is 2.57. The highest BCUT2D eigenvalue weighted by Crippen LogP contribution is 2.40. The van der Waals surface area contributed by atoms with Gasteiger partial charge in [-0.2, -0.15) is 0 Å². The molecule has 0 heterocycles. The molecule has 3 nitrogen and oxygen atoms in total. The number of halogens is 1. The van der Waals surface area contributed by atoms with Crippen LogP contribution in [0.2, 0.25) is 5.02 Å². The van der Waals surface area contributed by atoms with Gasteiger partial charge in [-0.25, -0.2) is 0 Å². The maximum absolute atomic E-state index is 6.20. The number of methoxy groups -OCH3 is 2. The summed E-state index contributed by atoms with van der Waals surface area (Å²) in [4.78, 5) is 0. The van der Waals surface area contributed by atoms with E-state index >= 15 is 0 Å². The van der Waals surface area contributed by atoms with Crippen molar-refractivity contribution in [1.82, 2.24) is 0 Å². The molecule has 1 aromatic rings. The fraction of sp³-hybridized carbons (Fsp3) is 0.500. The lowest BCUT2D eigenvalue weighted by Gasteiger charge is -2.19. The van der Waals surface area contributed by atoms with Crippen LogP contribution in [-0.2, 0) is 6.42 Å². The van der Waals surface area contributed by atoms with Gasteiger partial charge in [-0.1, -0.05) is 18.5 Å². The fourth-order valence-electron chi connectivity index (χ4n) is 1.89. The first-order valence-electron chi connectivity index (χ1n) is 5.25. The van der Waals surface area contributed by atoms with E-state index in [1.807, 2.05) is 13.8 Å². The van der Waals surface area contributed by atoms with Crippen LogP contribution >= 0.6 is 11.6 Å². The minimum atomic E-state index is -0.123. The van der Waals surface area contributed by atoms with E-state index in [0.717, 1.165) is 23.3 Å². The first-order valence-corrected chi connectivity index (χ1v) is 5.63. The van der Waals surface area contributed by atoms with Crippen LogP contribution in [0, 0.1) is 0 Å². The molecule has 0 aromatic heterocycles. The van der Waals surface area contributed by atoms with Gasteiger partial charge < -0.3 is 15.2 Å². The first kappa shape index (κ1) is 13.1. The molecular weight excluding hydrogens is 226 g/mol. The van der Waals surface area contributed by atoms with E-state index in [1.165, 1.54) is 0 Å². The molecule has 0 fully saturated rings. The zero-order valence-electron chi connectivity index (χ0n) is 10.1. The Morgan fingerprint density at radius 2 is 2.00 bits per heavy atom. The summed E-state index contributed by atoms with van der Waals surface area (Å²) in [5.41, 5.74) is 7.87. The van der Waals surface area contributed by atoms with Gasteiger partial charge in [-0.3, -0.25) is 0 Å². The monoisotopic (exact) mass is 243 g/mol. The second-order valence-corrected chi connectivity index (χ2v) is 4.04. The quantitative estimate of drug-likeness (QED) is 0.884. The van der Waals surface area contributed by atoms with Gasteiger partial charge in [0, 0.05) is 22.7 Å². The Morgan fingerprint density at radius 3 is 2.38 bits per heavy atom. The van der Waals surface area contributed by atoms with Gasteiger partial charge in [0.2, 0.25) is 0 Å². The zero-order valence-corrected chi connectivity index (χ0v) is 10.9. The lowest BCUT2D eigenvalue weighted by molar-refractivity contribution is 0.351. The highest BCUT2D eigenvalue weighted by molar-refractivity contribution is 6.31. The molecule has 1 rings (SSSR count). The van der Waals surface area contributed by atoms with Crippen molar-refractivity contribution in [3.05, 3.63) is 22.2 Å². The lowest BCUT2D eigenvalue weighted by Crippen LogP contribution is -2.10. The highest BCUT2D eigenvalue weighted by Gasteiger charge is 2.19. The second-order valence-electron chi connectivity index (χ2n) is 3.63. The molecule has 1 unspecified atom stereocenters. The van der Waals surface area contributed by atoms with Crippen LogP contribution in [0.1, 0.15) is 31.0 Å². The van der Waals surface area contributed by atoms with Crippen LogP contribution in [0.15, 0.2) is 6.07 Å². The lowest BCUT2D eigenvalue weighted by atomic mass is 9.98. The van der Waals surface area contributed by atoms with Gasteiger partial charge in [0.05, 0.1) is 14.2 Å². The number of hydrogen-bond acceptors (Lipinski definition) is 3. The van der Waals surface area contributed by atoms with Gasteiger partial charge in [-0.15, -0.1) is 0 Å². The molecule has 0 aliphatic heterocycles. The van der Waals surface area contributed by atoms with E-state index in [4.69, 9.17) is 26.8 Å². The van der Waals surface area contributed by atoms with E-state index in [0.29, 0.717) is 10.8 Å². The Balaban J connectivity index is 3.51. The summed E-state index contributed by atoms with van der Waals surface area (Å²) in [6.07, 6.45) is 0.803. The van der Waals surface area contributed by atoms with Crippen LogP contribution in [-0.4, -0.2) is 14.2 Å².